The van der Waals surface area contributed by atoms with Gasteiger partial charge in [0.15, 0.2) is 16.4 Å². The van der Waals surface area contributed by atoms with Gasteiger partial charge in [0.2, 0.25) is 0 Å². The van der Waals surface area contributed by atoms with Crippen LogP contribution in [-0.2, 0) is 19.4 Å². The van der Waals surface area contributed by atoms with Gasteiger partial charge in [-0.05, 0) is 18.6 Å². The first kappa shape index (κ1) is 17.3. The molecular weight excluding hydrogens is 332 g/mol. The molecule has 23 heavy (non-hydrogen) atoms. The molecule has 2 rings (SSSR count). The standard InChI is InChI=1S/C14H15F2NO5S/c1-17(10-4-5-23(20,21)8-10)13(18)7-22-14(19)11-3-2-9(15)6-12(11)16/h2-3,6,10H,4-5,7-8H2,1H3/t10-/m1/s1. The van der Waals surface area contributed by atoms with Gasteiger partial charge in [0.25, 0.3) is 5.91 Å². The van der Waals surface area contributed by atoms with Crippen LogP contribution in [0, 0.1) is 11.6 Å². The fourth-order valence-electron chi connectivity index (χ4n) is 2.25. The third-order valence-corrected chi connectivity index (χ3v) is 5.38. The van der Waals surface area contributed by atoms with E-state index in [1.165, 1.54) is 11.9 Å². The van der Waals surface area contributed by atoms with Crippen LogP contribution in [0.4, 0.5) is 8.78 Å². The van der Waals surface area contributed by atoms with Crippen LogP contribution in [0.15, 0.2) is 18.2 Å². The number of hydrogen-bond acceptors (Lipinski definition) is 5. The molecule has 126 valence electrons. The Hall–Kier alpha value is -2.03. The number of halogens is 2. The van der Waals surface area contributed by atoms with Crippen molar-refractivity contribution in [3.63, 3.8) is 0 Å². The molecule has 1 amide bonds. The van der Waals surface area contributed by atoms with Crippen LogP contribution in [0.1, 0.15) is 16.8 Å². The van der Waals surface area contributed by atoms with Gasteiger partial charge in [-0.25, -0.2) is 22.0 Å². The molecule has 1 heterocycles. The van der Waals surface area contributed by atoms with Crippen molar-refractivity contribution < 1.29 is 31.5 Å². The van der Waals surface area contributed by atoms with E-state index in [9.17, 15) is 26.8 Å². The van der Waals surface area contributed by atoms with Crippen molar-refractivity contribution in [3.8, 4) is 0 Å². The van der Waals surface area contributed by atoms with Crippen molar-refractivity contribution in [1.29, 1.82) is 0 Å². The van der Waals surface area contributed by atoms with Crippen LogP contribution in [-0.4, -0.2) is 56.4 Å². The summed E-state index contributed by atoms with van der Waals surface area (Å²) in [4.78, 5) is 24.8. The summed E-state index contributed by atoms with van der Waals surface area (Å²) in [5.74, 6) is -3.73. The normalized spacial score (nSPS) is 19.3. The maximum atomic E-state index is 13.4. The summed E-state index contributed by atoms with van der Waals surface area (Å²) < 4.78 is 53.7. The third-order valence-electron chi connectivity index (χ3n) is 3.63. The van der Waals surface area contributed by atoms with Crippen molar-refractivity contribution in [1.82, 2.24) is 4.90 Å². The molecule has 6 nitrogen and oxygen atoms in total. The van der Waals surface area contributed by atoms with Crippen LogP contribution >= 0.6 is 0 Å². The maximum Gasteiger partial charge on any atom is 0.341 e. The molecule has 1 aliphatic heterocycles. The van der Waals surface area contributed by atoms with Crippen molar-refractivity contribution in [2.24, 2.45) is 0 Å². The lowest BCUT2D eigenvalue weighted by molar-refractivity contribution is -0.134. The lowest BCUT2D eigenvalue weighted by atomic mass is 10.2. The number of amides is 1. The first-order valence-electron chi connectivity index (χ1n) is 6.78. The number of carbonyl (C=O) groups excluding carboxylic acids is 2. The van der Waals surface area contributed by atoms with E-state index in [4.69, 9.17) is 4.74 Å². The van der Waals surface area contributed by atoms with E-state index < -0.39 is 51.6 Å². The van der Waals surface area contributed by atoms with Gasteiger partial charge in [0, 0.05) is 19.2 Å². The number of carbonyl (C=O) groups is 2. The SMILES string of the molecule is CN(C(=O)COC(=O)c1ccc(F)cc1F)[C@@H]1CCS(=O)(=O)C1. The van der Waals surface area contributed by atoms with Gasteiger partial charge in [0.05, 0.1) is 17.1 Å². The lowest BCUT2D eigenvalue weighted by Gasteiger charge is -2.23. The second-order valence-corrected chi connectivity index (χ2v) is 7.49. The van der Waals surface area contributed by atoms with Gasteiger partial charge in [-0.3, -0.25) is 4.79 Å². The van der Waals surface area contributed by atoms with Crippen LogP contribution in [0.2, 0.25) is 0 Å². The first-order chi connectivity index (χ1) is 10.7. The quantitative estimate of drug-likeness (QED) is 0.752. The molecule has 0 unspecified atom stereocenters. The summed E-state index contributed by atoms with van der Waals surface area (Å²) in [6.45, 7) is -0.650. The number of esters is 1. The Morgan fingerprint density at radius 2 is 2.04 bits per heavy atom. The van der Waals surface area contributed by atoms with Crippen molar-refractivity contribution in [2.45, 2.75) is 12.5 Å². The summed E-state index contributed by atoms with van der Waals surface area (Å²) in [5, 5.41) is 0. The number of rotatable bonds is 4. The molecule has 0 spiro atoms. The van der Waals surface area contributed by atoms with Gasteiger partial charge < -0.3 is 9.64 Å². The molecule has 1 atom stereocenters. The largest absolute Gasteiger partial charge is 0.452 e. The van der Waals surface area contributed by atoms with Crippen molar-refractivity contribution in [3.05, 3.63) is 35.4 Å². The monoisotopic (exact) mass is 347 g/mol. The molecule has 1 fully saturated rings. The second-order valence-electron chi connectivity index (χ2n) is 5.26. The molecule has 1 aromatic carbocycles. The van der Waals surface area contributed by atoms with Gasteiger partial charge in [0.1, 0.15) is 11.6 Å². The highest BCUT2D eigenvalue weighted by Crippen LogP contribution is 2.17. The molecule has 1 saturated heterocycles. The Morgan fingerprint density at radius 3 is 2.61 bits per heavy atom. The average molecular weight is 347 g/mol. The molecule has 0 bridgehead atoms. The highest BCUT2D eigenvalue weighted by atomic mass is 32.2. The van der Waals surface area contributed by atoms with Crippen LogP contribution in [0.25, 0.3) is 0 Å². The molecule has 0 N–H and O–H groups in total. The van der Waals surface area contributed by atoms with Crippen LogP contribution in [0.3, 0.4) is 0 Å². The van der Waals surface area contributed by atoms with Crippen molar-refractivity contribution >= 4 is 21.7 Å². The van der Waals surface area contributed by atoms with E-state index in [0.717, 1.165) is 12.1 Å². The summed E-state index contributed by atoms with van der Waals surface area (Å²) in [7, 11) is -1.73. The minimum atomic E-state index is -3.14. The molecule has 0 saturated carbocycles. The van der Waals surface area contributed by atoms with Gasteiger partial charge in [-0.15, -0.1) is 0 Å². The smallest absolute Gasteiger partial charge is 0.341 e. The van der Waals surface area contributed by atoms with Gasteiger partial charge in [-0.1, -0.05) is 0 Å². The molecule has 0 aromatic heterocycles. The van der Waals surface area contributed by atoms with Gasteiger partial charge in [-0.2, -0.15) is 0 Å². The zero-order chi connectivity index (χ0) is 17.2. The fourth-order valence-corrected chi connectivity index (χ4v) is 4.02. The molecule has 9 heteroatoms. The van der Waals surface area contributed by atoms with E-state index in [1.54, 1.807) is 0 Å². The van der Waals surface area contributed by atoms with E-state index in [0.29, 0.717) is 12.5 Å². The summed E-state index contributed by atoms with van der Waals surface area (Å²) in [6, 6.07) is 1.89. The number of ether oxygens (including phenoxy) is 1. The average Bonchev–Trinajstić information content (AvgIpc) is 2.83. The first-order valence-corrected chi connectivity index (χ1v) is 8.60. The number of hydrogen-bond donors (Lipinski definition) is 0. The predicted molar refractivity (Wildman–Crippen MR) is 76.5 cm³/mol. The minimum absolute atomic E-state index is 0.00979. The van der Waals surface area contributed by atoms with E-state index in [-0.39, 0.29) is 11.5 Å². The van der Waals surface area contributed by atoms with Crippen LogP contribution < -0.4 is 0 Å². The Kier molecular flexibility index (Phi) is 4.98. The van der Waals surface area contributed by atoms with Crippen molar-refractivity contribution in [2.75, 3.05) is 25.2 Å². The molecule has 0 aliphatic carbocycles. The lowest BCUT2D eigenvalue weighted by Crippen LogP contribution is -2.40. The second kappa shape index (κ2) is 6.61. The molecular formula is C14H15F2NO5S. The number of sulfone groups is 1. The Bertz CT molecular complexity index is 735. The topological polar surface area (TPSA) is 80.8 Å². The number of nitrogens with zero attached hydrogens (tertiary/aromatic N) is 1. The predicted octanol–water partition coefficient (Wildman–Crippen LogP) is 0.767. The summed E-state index contributed by atoms with van der Waals surface area (Å²) in [6.07, 6.45) is 0.325. The third kappa shape index (κ3) is 4.25. The Balaban J connectivity index is 1.92. The van der Waals surface area contributed by atoms with E-state index >= 15 is 0 Å². The maximum absolute atomic E-state index is 13.4. The highest BCUT2D eigenvalue weighted by molar-refractivity contribution is 7.91. The van der Waals surface area contributed by atoms with Crippen LogP contribution in [0.5, 0.6) is 0 Å². The minimum Gasteiger partial charge on any atom is -0.452 e. The molecule has 0 radical (unpaired) electrons. The number of benzene rings is 1. The molecule has 1 aliphatic rings. The zero-order valence-corrected chi connectivity index (χ0v) is 13.1. The summed E-state index contributed by atoms with van der Waals surface area (Å²) >= 11 is 0. The summed E-state index contributed by atoms with van der Waals surface area (Å²) in [5.41, 5.74) is -0.481. The fraction of sp³-hybridized carbons (Fsp3) is 0.429. The number of likely N-dealkylation sites (N-methyl/N-ethyl adjacent to an activating group) is 1. The highest BCUT2D eigenvalue weighted by Gasteiger charge is 2.33. The van der Waals surface area contributed by atoms with E-state index in [1.807, 2.05) is 0 Å². The van der Waals surface area contributed by atoms with Gasteiger partial charge >= 0.3 is 5.97 Å². The Morgan fingerprint density at radius 1 is 1.35 bits per heavy atom. The van der Waals surface area contributed by atoms with E-state index in [2.05, 4.69) is 0 Å². The zero-order valence-electron chi connectivity index (χ0n) is 12.3. The Labute approximate surface area is 131 Å². The molecule has 1 aromatic rings.